The molecule has 11 rings (SSSR count). The number of carbonyl (C=O) groups is 8. The van der Waals surface area contributed by atoms with Crippen LogP contribution in [0.2, 0.25) is 0 Å². The number of aliphatic hydroxyl groups is 7. The van der Waals surface area contributed by atoms with Crippen LogP contribution in [0.5, 0.6) is 5.75 Å². The molecule has 27 heteroatoms. The van der Waals surface area contributed by atoms with Crippen LogP contribution in [0.1, 0.15) is 168 Å². The average Bonchev–Trinajstić information content (AvgIpc) is 1.40. The van der Waals surface area contributed by atoms with E-state index in [4.69, 9.17) is 42.6 Å². The third-order valence-corrected chi connectivity index (χ3v) is 26.5. The van der Waals surface area contributed by atoms with Crippen LogP contribution in [-0.2, 0) is 66.7 Å². The summed E-state index contributed by atoms with van der Waals surface area (Å²) in [5, 5.41) is 91.9. The van der Waals surface area contributed by atoms with Crippen LogP contribution in [0.3, 0.4) is 0 Å². The second-order valence-electron chi connectivity index (χ2n) is 33.3. The van der Waals surface area contributed by atoms with E-state index in [1.54, 1.807) is 81.4 Å². The Hall–Kier alpha value is -6.82. The van der Waals surface area contributed by atoms with E-state index in [0.717, 1.165) is 37.7 Å². The molecule has 4 saturated carbocycles. The van der Waals surface area contributed by atoms with Crippen LogP contribution >= 0.6 is 0 Å². The molecule has 6 unspecified atom stereocenters. The molecule has 0 aromatic heterocycles. The van der Waals surface area contributed by atoms with Gasteiger partial charge in [0.15, 0.2) is 29.2 Å². The molecule has 2 spiro atoms. The number of ketones is 3. The highest BCUT2D eigenvalue weighted by Crippen LogP contribution is 2.76. The number of ether oxygens (including phenoxy) is 9. The van der Waals surface area contributed by atoms with Crippen molar-refractivity contribution in [3.05, 3.63) is 83.0 Å². The maximum Gasteiger partial charge on any atom is 0.513 e. The first-order valence-electron chi connectivity index (χ1n) is 37.4. The Labute approximate surface area is 619 Å². The van der Waals surface area contributed by atoms with E-state index < -0.39 is 181 Å². The van der Waals surface area contributed by atoms with Gasteiger partial charge in [0.25, 0.3) is 5.69 Å². The molecule has 4 bridgehead atoms. The molecule has 6 aliphatic carbocycles. The summed E-state index contributed by atoms with van der Waals surface area (Å²) in [5.41, 5.74) is -6.13. The zero-order valence-corrected chi connectivity index (χ0v) is 63.5. The third-order valence-electron chi connectivity index (χ3n) is 26.5. The lowest BCUT2D eigenvalue weighted by molar-refractivity contribution is -0.384. The van der Waals surface area contributed by atoms with Gasteiger partial charge in [0.1, 0.15) is 42.1 Å². The smallest absolute Gasteiger partial charge is 0.461 e. The maximum atomic E-state index is 13.8. The second-order valence-corrected chi connectivity index (χ2v) is 33.3. The minimum absolute atomic E-state index is 0.0310. The minimum Gasteiger partial charge on any atom is -0.461 e. The summed E-state index contributed by atoms with van der Waals surface area (Å²) < 4.78 is 51.0. The number of non-ortho nitro benzene ring substituents is 1. The maximum absolute atomic E-state index is 13.8. The Morgan fingerprint density at radius 1 is 0.651 bits per heavy atom. The number of nitro groups is 1. The average molecular weight is 1490 g/mol. The van der Waals surface area contributed by atoms with Crippen LogP contribution in [0.15, 0.2) is 72.9 Å². The summed E-state index contributed by atoms with van der Waals surface area (Å²) in [6, 6.07) is 5.20. The van der Waals surface area contributed by atoms with Crippen molar-refractivity contribution in [3.8, 4) is 5.75 Å². The van der Waals surface area contributed by atoms with Gasteiger partial charge in [-0.3, -0.25) is 34.1 Å². The van der Waals surface area contributed by atoms with Gasteiger partial charge in [0.2, 0.25) is 6.10 Å². The van der Waals surface area contributed by atoms with E-state index >= 15 is 0 Å². The van der Waals surface area contributed by atoms with E-state index in [9.17, 15) is 84.2 Å². The highest BCUT2D eigenvalue weighted by Gasteiger charge is 2.86. The zero-order chi connectivity index (χ0) is 78.7. The number of fused-ring (bicyclic) bond motifs is 2. The number of benzene rings is 1. The van der Waals surface area contributed by atoms with Crippen molar-refractivity contribution in [1.29, 1.82) is 0 Å². The lowest BCUT2D eigenvalue weighted by atomic mass is 9.37. The molecule has 4 heterocycles. The molecule has 0 radical (unpaired) electrons. The summed E-state index contributed by atoms with van der Waals surface area (Å²) in [6.45, 7) is 32.5. The predicted octanol–water partition coefficient (Wildman–Crippen LogP) is 8.89. The van der Waals surface area contributed by atoms with Crippen LogP contribution < -0.4 is 4.74 Å². The Morgan fingerprint density at radius 2 is 1.10 bits per heavy atom. The number of hydrogen-bond donors (Lipinski definition) is 7. The second kappa shape index (κ2) is 31.3. The molecular weight excluding hydrogens is 1380 g/mol. The number of carbonyl (C=O) groups excluding carboxylic acids is 8. The summed E-state index contributed by atoms with van der Waals surface area (Å²) in [7, 11) is 0. The van der Waals surface area contributed by atoms with Gasteiger partial charge in [-0.25, -0.2) is 14.4 Å². The molecule has 4 aliphatic heterocycles. The molecule has 27 nitrogen and oxygen atoms in total. The number of nitrogens with zero attached hydrogens (tertiary/aromatic N) is 1. The Kier molecular flexibility index (Phi) is 24.6. The van der Waals surface area contributed by atoms with Crippen molar-refractivity contribution < 1.29 is 122 Å². The van der Waals surface area contributed by atoms with E-state index in [-0.39, 0.29) is 98.9 Å². The number of Topliss-reactive ketones (excluding diaryl/α,β-unsaturated/α-hetero) is 1. The molecule has 10 aliphatic rings. The van der Waals surface area contributed by atoms with Crippen LogP contribution in [0, 0.1) is 109 Å². The number of rotatable bonds is 24. The Bertz CT molecular complexity index is 3580. The number of aliphatic hydroxyl groups excluding tert-OH is 3. The highest BCUT2D eigenvalue weighted by molar-refractivity contribution is 5.97. The Balaban J connectivity index is 0.000000200. The topological polar surface area (TPSA) is 404 Å². The summed E-state index contributed by atoms with van der Waals surface area (Å²) in [6.07, 6.45) is 0.148. The first kappa shape index (κ1) is 83.2. The van der Waals surface area contributed by atoms with Gasteiger partial charge in [-0.05, 0) is 143 Å². The molecule has 588 valence electrons. The SMILES string of the molecule is C=CCCCCOC(=O)O[C@@H]1C(=O)C=C(C)[C@@H]2C[C@H]3OC(=O)C(OC(=O)CC(O)(C(C)C)C(C)C)C4[C@@H](C)[C@@H](O)[C@@]5(O)OC[C@@]43C5[C@@]12C.C=CCCCCOC(=O)Oc1ccc([N+](=O)[O-])cc1.CC1=CC(=O)[C@@H](O)[C@]2(C)C3[C@]45CO[C@]3(O)[C@H](O)[C@H](C)C4C(CC(=O)CC(O)(C(C)C)C(C)C)C(=O)O[C@@H]5C[C@@H]12. The van der Waals surface area contributed by atoms with Gasteiger partial charge < -0.3 is 78.4 Å². The van der Waals surface area contributed by atoms with E-state index in [0.29, 0.717) is 18.4 Å². The number of hydrogen-bond acceptors (Lipinski definition) is 26. The van der Waals surface area contributed by atoms with Crippen LogP contribution in [0.25, 0.3) is 0 Å². The number of allylic oxidation sites excluding steroid dienone is 4. The molecule has 8 fully saturated rings. The fraction of sp³-hybridized carbons (Fsp3) is 0.722. The number of esters is 3. The lowest BCUT2D eigenvalue weighted by Gasteiger charge is -2.68. The molecule has 1 aromatic carbocycles. The minimum atomic E-state index is -2.22. The largest absolute Gasteiger partial charge is 0.513 e. The van der Waals surface area contributed by atoms with Crippen molar-refractivity contribution in [2.24, 2.45) is 98.6 Å². The van der Waals surface area contributed by atoms with E-state index in [1.165, 1.54) is 36.4 Å². The quantitative estimate of drug-likeness (QED) is 0.00965. The number of nitro benzene ring substituents is 1. The molecule has 1 aromatic rings. The summed E-state index contributed by atoms with van der Waals surface area (Å²) >= 11 is 0. The van der Waals surface area contributed by atoms with E-state index in [1.807, 2.05) is 27.7 Å². The van der Waals surface area contributed by atoms with Crippen molar-refractivity contribution in [3.63, 3.8) is 0 Å². The third kappa shape index (κ3) is 14.0. The first-order valence-corrected chi connectivity index (χ1v) is 37.4. The van der Waals surface area contributed by atoms with Gasteiger partial charge in [-0.15, -0.1) is 13.2 Å². The van der Waals surface area contributed by atoms with Crippen LogP contribution in [-0.4, -0.2) is 180 Å². The van der Waals surface area contributed by atoms with Gasteiger partial charge in [-0.1, -0.05) is 106 Å². The summed E-state index contributed by atoms with van der Waals surface area (Å²) in [4.78, 5) is 115. The van der Waals surface area contributed by atoms with Crippen LogP contribution in [0.4, 0.5) is 15.3 Å². The molecule has 22 atom stereocenters. The molecular formula is C79H111NO26. The standard InChI is InChI=1S/C36H52O12.C30H44O9.C13H15NO5/c1-9-10-11-12-13-44-32(41)48-29-23(37)14-20(6)22-15-24-34-17-45-36(43,31(34)33(22,29)8)28(39)21(7)26(34)27(30(40)46-24)47-25(38)16-35(42,18(2)3)19(4)5;1-13(2)29(36,14(3)4)11-17(31)9-18-22-16(6)23(33)30(37)26-27(7)19(15(5)8-20(32)24(27)34)10-21(39-25(18)35)28(22,26)12-38-30;1-2-3-4-5-10-18-13(15)19-12-8-6-11(7-9-12)14(16)17/h9,14,18-19,21-22,24,26-29,31,39,42-43H,1,10-13,15-17H2,2-8H3;8,13-14,16,18-19,21-24,26,33-34,36-37H,9-12H2,1-7H3;2,6-9H,1,3-5,10H2/t21-,22+,24-,26?,27?,28-,29-,31?,33-,34+,36-;16-,18?,19+,21-,22?,23-,24-,26?,27-,28+,30-;/m11./s1. The fourth-order valence-electron chi connectivity index (χ4n) is 21.1. The fourth-order valence-corrected chi connectivity index (χ4v) is 21.1. The summed E-state index contributed by atoms with van der Waals surface area (Å²) in [5.74, 6) is -15.2. The van der Waals surface area contributed by atoms with Gasteiger partial charge in [0, 0.05) is 64.4 Å². The van der Waals surface area contributed by atoms with Crippen molar-refractivity contribution in [1.82, 2.24) is 0 Å². The van der Waals surface area contributed by atoms with Crippen molar-refractivity contribution in [2.75, 3.05) is 26.4 Å². The predicted molar refractivity (Wildman–Crippen MR) is 378 cm³/mol. The lowest BCUT2D eigenvalue weighted by Crippen LogP contribution is -2.78. The van der Waals surface area contributed by atoms with E-state index in [2.05, 4.69) is 13.2 Å². The zero-order valence-electron chi connectivity index (χ0n) is 63.5. The molecule has 7 N–H and O–H groups in total. The van der Waals surface area contributed by atoms with Crippen molar-refractivity contribution in [2.45, 2.75) is 233 Å². The molecule has 106 heavy (non-hydrogen) atoms. The van der Waals surface area contributed by atoms with Gasteiger partial charge in [0.05, 0.1) is 54.9 Å². The monoisotopic (exact) mass is 1490 g/mol. The Morgan fingerprint density at radius 3 is 1.60 bits per heavy atom. The van der Waals surface area contributed by atoms with Gasteiger partial charge in [-0.2, -0.15) is 0 Å². The van der Waals surface area contributed by atoms with Crippen molar-refractivity contribution >= 4 is 53.3 Å². The van der Waals surface area contributed by atoms with Gasteiger partial charge >= 0.3 is 30.2 Å². The normalized spacial score (nSPS) is 37.2. The number of unbranched alkanes of at least 4 members (excludes halogenated alkanes) is 4. The first-order chi connectivity index (χ1) is 49.5. The molecule has 0 amide bonds. The highest BCUT2D eigenvalue weighted by atomic mass is 16.7. The molecule has 4 saturated heterocycles.